The van der Waals surface area contributed by atoms with Crippen molar-refractivity contribution >= 4 is 23.1 Å². The number of nitrogens with zero attached hydrogens (tertiary/aromatic N) is 2. The largest absolute Gasteiger partial charge is 0.495 e. The summed E-state index contributed by atoms with van der Waals surface area (Å²) in [5.41, 5.74) is 5.14. The molecular weight excluding hydrogens is 340 g/mol. The van der Waals surface area contributed by atoms with Crippen molar-refractivity contribution in [3.63, 3.8) is 0 Å². The third kappa shape index (κ3) is 4.23. The van der Waals surface area contributed by atoms with Gasteiger partial charge in [0.05, 0.1) is 12.8 Å². The van der Waals surface area contributed by atoms with Gasteiger partial charge < -0.3 is 15.4 Å². The lowest BCUT2D eigenvalue weighted by atomic mass is 10.1. The highest BCUT2D eigenvalue weighted by molar-refractivity contribution is 6.04. The molecule has 2 N–H and O–H groups in total. The highest BCUT2D eigenvalue weighted by Crippen LogP contribution is 2.26. The van der Waals surface area contributed by atoms with Crippen LogP contribution in [-0.4, -0.2) is 23.0 Å². The molecule has 3 aromatic rings. The monoisotopic (exact) mass is 362 g/mol. The van der Waals surface area contributed by atoms with Crippen LogP contribution in [-0.2, 0) is 0 Å². The highest BCUT2D eigenvalue weighted by Gasteiger charge is 2.13. The molecular formula is C21H22N4O2. The maximum absolute atomic E-state index is 12.6. The Morgan fingerprint density at radius 1 is 1.00 bits per heavy atom. The molecule has 0 aliphatic rings. The Balaban J connectivity index is 1.82. The zero-order valence-corrected chi connectivity index (χ0v) is 15.8. The van der Waals surface area contributed by atoms with Crippen LogP contribution in [0.5, 0.6) is 5.75 Å². The van der Waals surface area contributed by atoms with Crippen LogP contribution in [0, 0.1) is 20.8 Å². The number of carbonyl (C=O) groups excluding carboxylic acids is 1. The van der Waals surface area contributed by atoms with Crippen molar-refractivity contribution in [2.75, 3.05) is 17.7 Å². The van der Waals surface area contributed by atoms with E-state index in [4.69, 9.17) is 4.74 Å². The molecule has 0 spiro atoms. The third-order valence-corrected chi connectivity index (χ3v) is 4.37. The third-order valence-electron chi connectivity index (χ3n) is 4.37. The zero-order valence-electron chi connectivity index (χ0n) is 15.8. The van der Waals surface area contributed by atoms with E-state index < -0.39 is 0 Å². The topological polar surface area (TPSA) is 76.1 Å². The van der Waals surface area contributed by atoms with Gasteiger partial charge in [-0.1, -0.05) is 18.2 Å². The molecule has 138 valence electrons. The van der Waals surface area contributed by atoms with Gasteiger partial charge >= 0.3 is 0 Å². The minimum Gasteiger partial charge on any atom is -0.495 e. The lowest BCUT2D eigenvalue weighted by Crippen LogP contribution is -2.15. The number of aryl methyl sites for hydroxylation is 2. The summed E-state index contributed by atoms with van der Waals surface area (Å²) >= 11 is 0. The minimum absolute atomic E-state index is 0.265. The van der Waals surface area contributed by atoms with Crippen LogP contribution in [0.4, 0.5) is 17.2 Å². The first-order chi connectivity index (χ1) is 13.0. The van der Waals surface area contributed by atoms with E-state index in [2.05, 4.69) is 33.6 Å². The van der Waals surface area contributed by atoms with Crippen LogP contribution in [0.1, 0.15) is 27.2 Å². The fourth-order valence-electron chi connectivity index (χ4n) is 2.68. The fraction of sp³-hybridized carbons (Fsp3) is 0.190. The van der Waals surface area contributed by atoms with Crippen LogP contribution < -0.4 is 15.4 Å². The van der Waals surface area contributed by atoms with E-state index in [0.717, 1.165) is 16.8 Å². The molecule has 0 radical (unpaired) electrons. The fourth-order valence-corrected chi connectivity index (χ4v) is 2.68. The number of hydrogen-bond acceptors (Lipinski definition) is 5. The Morgan fingerprint density at radius 2 is 1.81 bits per heavy atom. The van der Waals surface area contributed by atoms with Gasteiger partial charge in [0.1, 0.15) is 23.6 Å². The molecule has 0 saturated carbocycles. The van der Waals surface area contributed by atoms with Gasteiger partial charge in [-0.05, 0) is 55.7 Å². The summed E-state index contributed by atoms with van der Waals surface area (Å²) in [6.07, 6.45) is 1.37. The van der Waals surface area contributed by atoms with Gasteiger partial charge in [-0.15, -0.1) is 0 Å². The smallest absolute Gasteiger partial charge is 0.274 e. The Hall–Kier alpha value is -3.41. The van der Waals surface area contributed by atoms with Crippen molar-refractivity contribution in [2.24, 2.45) is 0 Å². The summed E-state index contributed by atoms with van der Waals surface area (Å²) in [6.45, 7) is 6.04. The number of carbonyl (C=O) groups is 1. The molecule has 0 fully saturated rings. The molecule has 27 heavy (non-hydrogen) atoms. The van der Waals surface area contributed by atoms with Crippen LogP contribution in [0.25, 0.3) is 0 Å². The molecule has 0 saturated heterocycles. The maximum atomic E-state index is 12.6. The molecule has 1 aromatic heterocycles. The second kappa shape index (κ2) is 7.86. The Labute approximate surface area is 158 Å². The summed E-state index contributed by atoms with van der Waals surface area (Å²) < 4.78 is 5.30. The molecule has 0 aliphatic carbocycles. The molecule has 6 nitrogen and oxygen atoms in total. The van der Waals surface area contributed by atoms with Crippen LogP contribution in [0.2, 0.25) is 0 Å². The van der Waals surface area contributed by atoms with E-state index in [1.165, 1.54) is 11.9 Å². The molecule has 2 aromatic carbocycles. The number of rotatable bonds is 5. The van der Waals surface area contributed by atoms with E-state index in [0.29, 0.717) is 17.3 Å². The first-order valence-electron chi connectivity index (χ1n) is 8.59. The number of benzene rings is 2. The van der Waals surface area contributed by atoms with Crippen molar-refractivity contribution < 1.29 is 9.53 Å². The van der Waals surface area contributed by atoms with Gasteiger partial charge in [-0.2, -0.15) is 0 Å². The molecule has 3 rings (SSSR count). The highest BCUT2D eigenvalue weighted by atomic mass is 16.5. The van der Waals surface area contributed by atoms with Gasteiger partial charge in [0.15, 0.2) is 0 Å². The van der Waals surface area contributed by atoms with E-state index >= 15 is 0 Å². The quantitative estimate of drug-likeness (QED) is 0.703. The molecule has 1 heterocycles. The lowest BCUT2D eigenvalue weighted by molar-refractivity contribution is 0.102. The summed E-state index contributed by atoms with van der Waals surface area (Å²) in [7, 11) is 1.57. The number of aromatic nitrogens is 2. The van der Waals surface area contributed by atoms with Crippen molar-refractivity contribution in [3.8, 4) is 5.75 Å². The van der Waals surface area contributed by atoms with Gasteiger partial charge in [0.25, 0.3) is 5.91 Å². The normalized spacial score (nSPS) is 10.4. The Bertz CT molecular complexity index is 986. The first kappa shape index (κ1) is 18.4. The SMILES string of the molecule is COc1ccc(C)cc1NC(=O)c1cc(Nc2cccc(C)c2C)ncn1. The van der Waals surface area contributed by atoms with Crippen molar-refractivity contribution in [3.05, 3.63) is 71.2 Å². The molecule has 0 aliphatic heterocycles. The number of anilines is 3. The average molecular weight is 362 g/mol. The number of amides is 1. The zero-order chi connectivity index (χ0) is 19.4. The number of methoxy groups -OCH3 is 1. The molecule has 0 unspecified atom stereocenters. The van der Waals surface area contributed by atoms with E-state index in [1.54, 1.807) is 13.2 Å². The van der Waals surface area contributed by atoms with Crippen molar-refractivity contribution in [2.45, 2.75) is 20.8 Å². The molecule has 1 amide bonds. The van der Waals surface area contributed by atoms with Crippen LogP contribution in [0.15, 0.2) is 48.8 Å². The predicted molar refractivity (Wildman–Crippen MR) is 107 cm³/mol. The van der Waals surface area contributed by atoms with Gasteiger partial charge in [-0.25, -0.2) is 9.97 Å². The minimum atomic E-state index is -0.328. The van der Waals surface area contributed by atoms with Crippen LogP contribution >= 0.6 is 0 Å². The van der Waals surface area contributed by atoms with Gasteiger partial charge in [0.2, 0.25) is 0 Å². The number of nitrogens with one attached hydrogen (secondary N) is 2. The predicted octanol–water partition coefficient (Wildman–Crippen LogP) is 4.41. The Morgan fingerprint density at radius 3 is 2.59 bits per heavy atom. The Kier molecular flexibility index (Phi) is 5.35. The second-order valence-electron chi connectivity index (χ2n) is 6.32. The van der Waals surface area contributed by atoms with Crippen molar-refractivity contribution in [1.29, 1.82) is 0 Å². The maximum Gasteiger partial charge on any atom is 0.274 e. The van der Waals surface area contributed by atoms with Crippen LogP contribution in [0.3, 0.4) is 0 Å². The number of hydrogen-bond donors (Lipinski definition) is 2. The molecule has 0 bridgehead atoms. The van der Waals surface area contributed by atoms with E-state index in [-0.39, 0.29) is 11.6 Å². The van der Waals surface area contributed by atoms with E-state index in [9.17, 15) is 4.79 Å². The summed E-state index contributed by atoms with van der Waals surface area (Å²) in [5, 5.41) is 6.10. The second-order valence-corrected chi connectivity index (χ2v) is 6.32. The molecule has 6 heteroatoms. The standard InChI is InChI=1S/C21H22N4O2/c1-13-8-9-19(27-4)17(10-13)25-21(26)18-11-20(23-12-22-18)24-16-7-5-6-14(2)15(16)3/h5-12H,1-4H3,(H,25,26)(H,22,23,24). The van der Waals surface area contributed by atoms with Crippen molar-refractivity contribution in [1.82, 2.24) is 9.97 Å². The summed E-state index contributed by atoms with van der Waals surface area (Å²) in [6, 6.07) is 13.2. The molecule has 0 atom stereocenters. The van der Waals surface area contributed by atoms with E-state index in [1.807, 2.05) is 44.2 Å². The van der Waals surface area contributed by atoms with Gasteiger partial charge in [-0.3, -0.25) is 4.79 Å². The summed E-state index contributed by atoms with van der Waals surface area (Å²) in [5.74, 6) is 0.821. The average Bonchev–Trinajstić information content (AvgIpc) is 2.66. The summed E-state index contributed by atoms with van der Waals surface area (Å²) in [4.78, 5) is 20.9. The lowest BCUT2D eigenvalue weighted by Gasteiger charge is -2.12. The first-order valence-corrected chi connectivity index (χ1v) is 8.59. The van der Waals surface area contributed by atoms with Gasteiger partial charge in [0, 0.05) is 11.8 Å². The number of ether oxygens (including phenoxy) is 1.